The van der Waals surface area contributed by atoms with Gasteiger partial charge in [0.1, 0.15) is 0 Å². The molecule has 226 valence electrons. The molecule has 3 N–H and O–H groups in total. The summed E-state index contributed by atoms with van der Waals surface area (Å²) in [5.74, 6) is -1.31. The first-order chi connectivity index (χ1) is 21.4. The second kappa shape index (κ2) is 12.5. The molecule has 1 saturated heterocycles. The Hall–Kier alpha value is -4.64. The average Bonchev–Trinajstić information content (AvgIpc) is 3.61. The molecule has 1 aromatic heterocycles. The maximum Gasteiger partial charge on any atom is 0.268 e. The van der Waals surface area contributed by atoms with Gasteiger partial charge in [0.2, 0.25) is 5.91 Å². The van der Waals surface area contributed by atoms with Crippen molar-refractivity contribution in [1.29, 1.82) is 0 Å². The molecule has 2 aliphatic rings. The number of carbonyl (C=O) groups excluding carboxylic acids is 2. The van der Waals surface area contributed by atoms with E-state index in [0.717, 1.165) is 5.56 Å². The van der Waals surface area contributed by atoms with Crippen LogP contribution in [0.3, 0.4) is 0 Å². The minimum Gasteiger partial charge on any atom is -0.395 e. The summed E-state index contributed by atoms with van der Waals surface area (Å²) in [7, 11) is 0. The lowest BCUT2D eigenvalue weighted by molar-refractivity contribution is -0.138. The number of carbonyl (C=O) groups is 2. The second-order valence-corrected chi connectivity index (χ2v) is 11.2. The van der Waals surface area contributed by atoms with Gasteiger partial charge < -0.3 is 20.4 Å². The van der Waals surface area contributed by atoms with Crippen molar-refractivity contribution in [2.75, 3.05) is 36.0 Å². The number of aromatic nitrogens is 3. The highest BCUT2D eigenvalue weighted by molar-refractivity contribution is 6.12. The molecule has 0 aliphatic carbocycles. The Morgan fingerprint density at radius 1 is 1.02 bits per heavy atom. The summed E-state index contributed by atoms with van der Waals surface area (Å²) in [5, 5.41) is 33.8. The van der Waals surface area contributed by atoms with Gasteiger partial charge in [-0.2, -0.15) is 0 Å². The van der Waals surface area contributed by atoms with Crippen molar-refractivity contribution in [2.45, 2.75) is 31.4 Å². The van der Waals surface area contributed by atoms with Crippen LogP contribution < -0.4 is 15.1 Å². The van der Waals surface area contributed by atoms with E-state index >= 15 is 0 Å². The smallest absolute Gasteiger partial charge is 0.268 e. The molecule has 1 unspecified atom stereocenters. The predicted molar refractivity (Wildman–Crippen MR) is 167 cm³/mol. The van der Waals surface area contributed by atoms with E-state index in [0.29, 0.717) is 54.4 Å². The maximum atomic E-state index is 14.1. The van der Waals surface area contributed by atoms with Gasteiger partial charge >= 0.3 is 0 Å². The van der Waals surface area contributed by atoms with Crippen LogP contribution in [0.15, 0.2) is 97.2 Å². The van der Waals surface area contributed by atoms with Gasteiger partial charge in [-0.3, -0.25) is 19.2 Å². The number of amides is 2. The van der Waals surface area contributed by atoms with Gasteiger partial charge in [0.05, 0.1) is 30.5 Å². The number of aliphatic hydroxyl groups is 2. The van der Waals surface area contributed by atoms with E-state index in [2.05, 4.69) is 15.6 Å². The van der Waals surface area contributed by atoms with Gasteiger partial charge in [-0.05, 0) is 42.3 Å². The Morgan fingerprint density at radius 2 is 1.77 bits per heavy atom. The molecule has 3 atom stereocenters. The normalized spacial score (nSPS) is 19.9. The molecule has 10 heteroatoms. The summed E-state index contributed by atoms with van der Waals surface area (Å²) in [5.41, 5.74) is 2.23. The SMILES string of the molecule is C[C@H](/C=C/CCn1cc(C(CO)c2ccccc2)nn1)[C@@]1(O)C(=O)N(c2ccccc2)c2ccc(N3CCNCC3=O)cc21. The number of hydrogen-bond donors (Lipinski definition) is 3. The zero-order valence-corrected chi connectivity index (χ0v) is 24.6. The van der Waals surface area contributed by atoms with Gasteiger partial charge in [-0.25, -0.2) is 0 Å². The molecule has 2 aliphatic heterocycles. The van der Waals surface area contributed by atoms with Crippen LogP contribution >= 0.6 is 0 Å². The van der Waals surface area contributed by atoms with Crippen LogP contribution in [-0.4, -0.2) is 63.3 Å². The number of benzene rings is 3. The Balaban J connectivity index is 1.22. The Labute approximate surface area is 256 Å². The lowest BCUT2D eigenvalue weighted by Gasteiger charge is -2.30. The van der Waals surface area contributed by atoms with E-state index in [1.165, 1.54) is 0 Å². The van der Waals surface area contributed by atoms with Crippen LogP contribution in [0.1, 0.15) is 36.1 Å². The maximum absolute atomic E-state index is 14.1. The molecule has 4 aromatic rings. The third-order valence-electron chi connectivity index (χ3n) is 8.48. The van der Waals surface area contributed by atoms with Crippen molar-refractivity contribution in [1.82, 2.24) is 20.3 Å². The molecule has 0 radical (unpaired) electrons. The molecule has 0 bridgehead atoms. The number of nitrogens with zero attached hydrogens (tertiary/aromatic N) is 5. The molecule has 1 fully saturated rings. The Bertz CT molecular complexity index is 1660. The van der Waals surface area contributed by atoms with Gasteiger partial charge in [0.15, 0.2) is 5.60 Å². The van der Waals surface area contributed by atoms with Gasteiger partial charge in [0.25, 0.3) is 5.91 Å². The molecule has 44 heavy (non-hydrogen) atoms. The minimum atomic E-state index is -1.83. The first-order valence-corrected chi connectivity index (χ1v) is 14.9. The number of aryl methyl sites for hydroxylation is 1. The average molecular weight is 593 g/mol. The number of piperazine rings is 1. The standard InChI is InChI=1S/C34H36N6O4/c1-24(10-8-9-18-38-22-30(36-37-38)28(23-41)25-11-4-2-5-12-25)34(44)29-20-27(39-19-17-35-21-32(39)42)15-16-31(29)40(33(34)43)26-13-6-3-7-14-26/h2-8,10-16,20,22,24,28,35,41,44H,9,17-19,21,23H2,1H3/b10-8+/t24-,28?,34+/m1/s1. The molecule has 3 aromatic carbocycles. The third-order valence-corrected chi connectivity index (χ3v) is 8.48. The molecule has 0 spiro atoms. The fraction of sp³-hybridized carbons (Fsp3) is 0.294. The van der Waals surface area contributed by atoms with E-state index in [1.54, 1.807) is 20.5 Å². The number of nitrogens with one attached hydrogen (secondary N) is 1. The van der Waals surface area contributed by atoms with Gasteiger partial charge in [0, 0.05) is 48.7 Å². The van der Waals surface area contributed by atoms with Crippen molar-refractivity contribution in [2.24, 2.45) is 5.92 Å². The van der Waals surface area contributed by atoms with E-state index < -0.39 is 17.4 Å². The van der Waals surface area contributed by atoms with Crippen molar-refractivity contribution in [3.05, 3.63) is 114 Å². The Kier molecular flexibility index (Phi) is 8.38. The topological polar surface area (TPSA) is 124 Å². The van der Waals surface area contributed by atoms with E-state index in [9.17, 15) is 19.8 Å². The van der Waals surface area contributed by atoms with Crippen molar-refractivity contribution in [3.8, 4) is 0 Å². The lowest BCUT2D eigenvalue weighted by atomic mass is 9.82. The highest BCUT2D eigenvalue weighted by atomic mass is 16.3. The number of aliphatic hydroxyl groups excluding tert-OH is 1. The summed E-state index contributed by atoms with van der Waals surface area (Å²) in [6, 6.07) is 24.4. The van der Waals surface area contributed by atoms with Crippen LogP contribution in [0.25, 0.3) is 0 Å². The Morgan fingerprint density at radius 3 is 2.50 bits per heavy atom. The van der Waals surface area contributed by atoms with E-state index in [1.807, 2.05) is 98.1 Å². The largest absolute Gasteiger partial charge is 0.395 e. The summed E-state index contributed by atoms with van der Waals surface area (Å²) < 4.78 is 1.73. The number of hydrogen-bond acceptors (Lipinski definition) is 7. The van der Waals surface area contributed by atoms with Crippen LogP contribution in [0.4, 0.5) is 17.1 Å². The van der Waals surface area contributed by atoms with Crippen LogP contribution in [0, 0.1) is 5.92 Å². The van der Waals surface area contributed by atoms with Crippen molar-refractivity contribution >= 4 is 28.9 Å². The van der Waals surface area contributed by atoms with E-state index in [4.69, 9.17) is 0 Å². The quantitative estimate of drug-likeness (QED) is 0.241. The van der Waals surface area contributed by atoms with Crippen LogP contribution in [-0.2, 0) is 21.7 Å². The molecule has 6 rings (SSSR count). The summed E-state index contributed by atoms with van der Waals surface area (Å²) in [6.45, 7) is 3.72. The first-order valence-electron chi connectivity index (χ1n) is 14.9. The number of fused-ring (bicyclic) bond motifs is 1. The summed E-state index contributed by atoms with van der Waals surface area (Å²) in [6.07, 6.45) is 6.23. The first kappa shape index (κ1) is 29.4. The van der Waals surface area contributed by atoms with E-state index in [-0.39, 0.29) is 25.0 Å². The van der Waals surface area contributed by atoms with Crippen LogP contribution in [0.5, 0.6) is 0 Å². The number of anilines is 3. The summed E-state index contributed by atoms with van der Waals surface area (Å²) >= 11 is 0. The number of para-hydroxylation sites is 1. The van der Waals surface area contributed by atoms with Crippen molar-refractivity contribution < 1.29 is 19.8 Å². The minimum absolute atomic E-state index is 0.0535. The third kappa shape index (κ3) is 5.43. The fourth-order valence-electron chi connectivity index (χ4n) is 6.02. The highest BCUT2D eigenvalue weighted by Gasteiger charge is 2.53. The predicted octanol–water partition coefficient (Wildman–Crippen LogP) is 3.49. The van der Waals surface area contributed by atoms with Gasteiger partial charge in [-0.15, -0.1) is 5.10 Å². The zero-order valence-electron chi connectivity index (χ0n) is 24.6. The second-order valence-electron chi connectivity index (χ2n) is 11.2. The highest BCUT2D eigenvalue weighted by Crippen LogP contribution is 2.49. The molecule has 3 heterocycles. The van der Waals surface area contributed by atoms with Gasteiger partial charge in [-0.1, -0.05) is 72.8 Å². The summed E-state index contributed by atoms with van der Waals surface area (Å²) in [4.78, 5) is 30.0. The number of rotatable bonds is 10. The van der Waals surface area contributed by atoms with Crippen LogP contribution in [0.2, 0.25) is 0 Å². The van der Waals surface area contributed by atoms with Crippen molar-refractivity contribution in [3.63, 3.8) is 0 Å². The zero-order chi connectivity index (χ0) is 30.7. The molecular formula is C34H36N6O4. The molecule has 10 nitrogen and oxygen atoms in total. The molecule has 2 amide bonds. The fourth-order valence-corrected chi connectivity index (χ4v) is 6.02. The molecular weight excluding hydrogens is 556 g/mol. The lowest BCUT2D eigenvalue weighted by Crippen LogP contribution is -2.48. The molecule has 0 saturated carbocycles. The monoisotopic (exact) mass is 592 g/mol. The number of allylic oxidation sites excluding steroid dienone is 1.